The van der Waals surface area contributed by atoms with Crippen LogP contribution >= 0.6 is 0 Å². The van der Waals surface area contributed by atoms with Crippen molar-refractivity contribution >= 4 is 10.8 Å². The Morgan fingerprint density at radius 3 is 2.58 bits per heavy atom. The molecule has 1 heterocycles. The van der Waals surface area contributed by atoms with Gasteiger partial charge in [0.15, 0.2) is 0 Å². The second kappa shape index (κ2) is 9.78. The SMILES string of the molecule is CCCC[C@H](C)c1nc(-c2ccc3cc(OCc4cccc(CC)c4)ccc3c2)no1. The highest BCUT2D eigenvalue weighted by Crippen LogP contribution is 2.28. The van der Waals surface area contributed by atoms with Crippen LogP contribution in [0.5, 0.6) is 5.75 Å². The first-order valence-electron chi connectivity index (χ1n) is 11.2. The maximum absolute atomic E-state index is 6.04. The van der Waals surface area contributed by atoms with Gasteiger partial charge < -0.3 is 9.26 Å². The molecule has 4 nitrogen and oxygen atoms in total. The van der Waals surface area contributed by atoms with Crippen molar-refractivity contribution in [1.82, 2.24) is 10.1 Å². The van der Waals surface area contributed by atoms with Crippen LogP contribution in [-0.2, 0) is 13.0 Å². The number of fused-ring (bicyclic) bond motifs is 1. The summed E-state index contributed by atoms with van der Waals surface area (Å²) in [6, 6.07) is 21.0. The first-order chi connectivity index (χ1) is 15.2. The molecular weight excluding hydrogens is 384 g/mol. The van der Waals surface area contributed by atoms with Crippen LogP contribution in [0.25, 0.3) is 22.2 Å². The highest BCUT2D eigenvalue weighted by Gasteiger charge is 2.15. The zero-order chi connectivity index (χ0) is 21.6. The van der Waals surface area contributed by atoms with Gasteiger partial charge in [-0.15, -0.1) is 0 Å². The Balaban J connectivity index is 1.47. The van der Waals surface area contributed by atoms with Crippen LogP contribution < -0.4 is 4.74 Å². The van der Waals surface area contributed by atoms with E-state index in [9.17, 15) is 0 Å². The van der Waals surface area contributed by atoms with E-state index in [2.05, 4.69) is 79.4 Å². The number of unbranched alkanes of at least 4 members (excludes halogenated alkanes) is 1. The van der Waals surface area contributed by atoms with Crippen LogP contribution in [0.1, 0.15) is 63.0 Å². The Bertz CT molecular complexity index is 1150. The standard InChI is InChI=1S/C27H30N2O2/c1-4-6-8-19(3)27-28-26(29-31-27)24-12-11-23-17-25(14-13-22(23)16-24)30-18-21-10-7-9-20(5-2)15-21/h7,9-17,19H,4-6,8,18H2,1-3H3/t19-/m0/s1. The highest BCUT2D eigenvalue weighted by atomic mass is 16.5. The highest BCUT2D eigenvalue weighted by molar-refractivity contribution is 5.87. The molecule has 0 aliphatic carbocycles. The van der Waals surface area contributed by atoms with Crippen molar-refractivity contribution in [3.8, 4) is 17.1 Å². The summed E-state index contributed by atoms with van der Waals surface area (Å²) < 4.78 is 11.6. The normalized spacial score (nSPS) is 12.2. The summed E-state index contributed by atoms with van der Waals surface area (Å²) in [7, 11) is 0. The van der Waals surface area contributed by atoms with E-state index in [1.54, 1.807) is 0 Å². The number of ether oxygens (including phenoxy) is 1. The molecule has 0 bridgehead atoms. The van der Waals surface area contributed by atoms with Gasteiger partial charge in [0, 0.05) is 11.5 Å². The van der Waals surface area contributed by atoms with Gasteiger partial charge in [-0.05, 0) is 52.9 Å². The molecular formula is C27H30N2O2. The Labute approximate surface area is 184 Å². The Morgan fingerprint density at radius 1 is 0.935 bits per heavy atom. The molecule has 0 N–H and O–H groups in total. The van der Waals surface area contributed by atoms with E-state index in [4.69, 9.17) is 9.26 Å². The molecule has 4 heteroatoms. The molecule has 0 unspecified atom stereocenters. The van der Waals surface area contributed by atoms with Crippen LogP contribution in [0, 0.1) is 0 Å². The van der Waals surface area contributed by atoms with E-state index < -0.39 is 0 Å². The second-order valence-corrected chi connectivity index (χ2v) is 8.19. The van der Waals surface area contributed by atoms with Gasteiger partial charge >= 0.3 is 0 Å². The van der Waals surface area contributed by atoms with Gasteiger partial charge in [0.05, 0.1) is 0 Å². The van der Waals surface area contributed by atoms with Crippen LogP contribution in [0.2, 0.25) is 0 Å². The Hall–Kier alpha value is -3.14. The number of benzene rings is 3. The number of aromatic nitrogens is 2. The Kier molecular flexibility index (Phi) is 6.66. The van der Waals surface area contributed by atoms with Crippen molar-refractivity contribution in [2.75, 3.05) is 0 Å². The summed E-state index contributed by atoms with van der Waals surface area (Å²) in [5.41, 5.74) is 3.49. The van der Waals surface area contributed by atoms with Gasteiger partial charge in [-0.1, -0.05) is 81.2 Å². The van der Waals surface area contributed by atoms with Gasteiger partial charge in [0.2, 0.25) is 11.7 Å². The van der Waals surface area contributed by atoms with Crippen molar-refractivity contribution in [1.29, 1.82) is 0 Å². The molecule has 160 valence electrons. The molecule has 0 saturated heterocycles. The summed E-state index contributed by atoms with van der Waals surface area (Å²) in [6.07, 6.45) is 4.45. The molecule has 0 radical (unpaired) electrons. The van der Waals surface area contributed by atoms with Crippen molar-refractivity contribution in [3.63, 3.8) is 0 Å². The van der Waals surface area contributed by atoms with Crippen LogP contribution in [-0.4, -0.2) is 10.1 Å². The number of nitrogens with zero attached hydrogens (tertiary/aromatic N) is 2. The number of hydrogen-bond acceptors (Lipinski definition) is 4. The van der Waals surface area contributed by atoms with Gasteiger partial charge in [-0.3, -0.25) is 0 Å². The predicted octanol–water partition coefficient (Wildman–Crippen LogP) is 7.32. The van der Waals surface area contributed by atoms with E-state index in [1.807, 2.05) is 12.1 Å². The molecule has 1 aromatic heterocycles. The average Bonchev–Trinajstić information content (AvgIpc) is 3.31. The summed E-state index contributed by atoms with van der Waals surface area (Å²) in [5.74, 6) is 2.53. The van der Waals surface area contributed by atoms with E-state index in [1.165, 1.54) is 24.0 Å². The maximum Gasteiger partial charge on any atom is 0.229 e. The van der Waals surface area contributed by atoms with Gasteiger partial charge in [-0.25, -0.2) is 0 Å². The summed E-state index contributed by atoms with van der Waals surface area (Å²) in [4.78, 5) is 4.63. The minimum atomic E-state index is 0.291. The predicted molar refractivity (Wildman–Crippen MR) is 125 cm³/mol. The van der Waals surface area contributed by atoms with E-state index in [0.29, 0.717) is 18.3 Å². The lowest BCUT2D eigenvalue weighted by molar-refractivity contribution is 0.306. The first kappa shape index (κ1) is 21.1. The minimum absolute atomic E-state index is 0.291. The summed E-state index contributed by atoms with van der Waals surface area (Å²) >= 11 is 0. The second-order valence-electron chi connectivity index (χ2n) is 8.19. The van der Waals surface area contributed by atoms with E-state index in [-0.39, 0.29) is 0 Å². The quantitative estimate of drug-likeness (QED) is 0.288. The lowest BCUT2D eigenvalue weighted by Crippen LogP contribution is -1.96. The third-order valence-electron chi connectivity index (χ3n) is 5.73. The van der Waals surface area contributed by atoms with Gasteiger partial charge in [0.25, 0.3) is 0 Å². The van der Waals surface area contributed by atoms with E-state index >= 15 is 0 Å². The number of rotatable bonds is 9. The van der Waals surface area contributed by atoms with Crippen molar-refractivity contribution in [2.45, 2.75) is 59.0 Å². The van der Waals surface area contributed by atoms with Crippen molar-refractivity contribution < 1.29 is 9.26 Å². The molecule has 0 saturated carbocycles. The summed E-state index contributed by atoms with van der Waals surface area (Å²) in [5, 5.41) is 6.46. The molecule has 0 aliphatic heterocycles. The molecule has 3 aromatic carbocycles. The van der Waals surface area contributed by atoms with Crippen molar-refractivity contribution in [2.24, 2.45) is 0 Å². The van der Waals surface area contributed by atoms with Gasteiger partial charge in [-0.2, -0.15) is 4.98 Å². The first-order valence-corrected chi connectivity index (χ1v) is 11.2. The molecule has 0 amide bonds. The number of aryl methyl sites for hydroxylation is 1. The zero-order valence-electron chi connectivity index (χ0n) is 18.6. The minimum Gasteiger partial charge on any atom is -0.489 e. The molecule has 1 atom stereocenters. The Morgan fingerprint density at radius 2 is 1.74 bits per heavy atom. The zero-order valence-corrected chi connectivity index (χ0v) is 18.6. The smallest absolute Gasteiger partial charge is 0.229 e. The fraction of sp³-hybridized carbons (Fsp3) is 0.333. The third kappa shape index (κ3) is 5.13. The topological polar surface area (TPSA) is 48.2 Å². The van der Waals surface area contributed by atoms with Gasteiger partial charge in [0.1, 0.15) is 12.4 Å². The fourth-order valence-electron chi connectivity index (χ4n) is 3.75. The summed E-state index contributed by atoms with van der Waals surface area (Å²) in [6.45, 7) is 7.08. The monoisotopic (exact) mass is 414 g/mol. The van der Waals surface area contributed by atoms with Crippen LogP contribution in [0.15, 0.2) is 65.2 Å². The molecule has 0 aliphatic rings. The molecule has 4 aromatic rings. The van der Waals surface area contributed by atoms with E-state index in [0.717, 1.165) is 40.8 Å². The average molecular weight is 415 g/mol. The van der Waals surface area contributed by atoms with Crippen LogP contribution in [0.3, 0.4) is 0 Å². The van der Waals surface area contributed by atoms with Crippen molar-refractivity contribution in [3.05, 3.63) is 77.7 Å². The molecule has 4 rings (SSSR count). The maximum atomic E-state index is 6.04. The largest absolute Gasteiger partial charge is 0.489 e. The molecule has 31 heavy (non-hydrogen) atoms. The van der Waals surface area contributed by atoms with Crippen LogP contribution in [0.4, 0.5) is 0 Å². The third-order valence-corrected chi connectivity index (χ3v) is 5.73. The lowest BCUT2D eigenvalue weighted by Gasteiger charge is -2.09. The molecule has 0 spiro atoms. The molecule has 0 fully saturated rings. The fourth-order valence-corrected chi connectivity index (χ4v) is 3.75. The number of hydrogen-bond donors (Lipinski definition) is 0. The lowest BCUT2D eigenvalue weighted by atomic mass is 10.0.